The van der Waals surface area contributed by atoms with E-state index in [1.807, 2.05) is 6.07 Å². The second-order valence-electron chi connectivity index (χ2n) is 5.10. The van der Waals surface area contributed by atoms with E-state index >= 15 is 0 Å². The minimum Gasteiger partial charge on any atom is -0.318 e. The molecule has 0 unspecified atom stereocenters. The van der Waals surface area contributed by atoms with Gasteiger partial charge in [-0.05, 0) is 30.2 Å². The Labute approximate surface area is 140 Å². The number of pyridine rings is 1. The van der Waals surface area contributed by atoms with E-state index in [2.05, 4.69) is 21.4 Å². The van der Waals surface area contributed by atoms with Crippen molar-refractivity contribution in [3.05, 3.63) is 61.4 Å². The van der Waals surface area contributed by atoms with E-state index in [1.165, 1.54) is 15.6 Å². The molecule has 0 atom stereocenters. The van der Waals surface area contributed by atoms with Gasteiger partial charge in [-0.1, -0.05) is 27.5 Å². The maximum absolute atomic E-state index is 12.6. The third-order valence-electron chi connectivity index (χ3n) is 3.58. The van der Waals surface area contributed by atoms with Gasteiger partial charge in [0.15, 0.2) is 0 Å². The number of amides is 1. The van der Waals surface area contributed by atoms with Gasteiger partial charge in [-0.2, -0.15) is 0 Å². The van der Waals surface area contributed by atoms with E-state index in [-0.39, 0.29) is 11.5 Å². The summed E-state index contributed by atoms with van der Waals surface area (Å²) < 4.78 is 2.28. The number of halogens is 2. The summed E-state index contributed by atoms with van der Waals surface area (Å²) in [4.78, 5) is 24.2. The first-order chi connectivity index (χ1) is 10.5. The highest BCUT2D eigenvalue weighted by Crippen LogP contribution is 2.27. The van der Waals surface area contributed by atoms with Crippen molar-refractivity contribution in [2.75, 3.05) is 12.0 Å². The van der Waals surface area contributed by atoms with E-state index in [0.29, 0.717) is 29.2 Å². The highest BCUT2D eigenvalue weighted by atomic mass is 79.9. The topological polar surface area (TPSA) is 54.3 Å². The largest absolute Gasteiger partial charge is 0.318 e. The number of aryl methyl sites for hydroxylation is 1. The highest BCUT2D eigenvalue weighted by Gasteiger charge is 2.25. The molecule has 0 spiro atoms. The number of anilines is 1. The fourth-order valence-electron chi connectivity index (χ4n) is 2.38. The lowest BCUT2D eigenvalue weighted by atomic mass is 10.0. The average molecular weight is 383 g/mol. The SMILES string of the molecule is Cn1cc2c(cc1=O)CCN(Nc1ccc(Br)cc1Cl)C2=O. The van der Waals surface area contributed by atoms with Crippen LogP contribution in [0, 0.1) is 0 Å². The molecule has 114 valence electrons. The normalized spacial score (nSPS) is 14.0. The molecule has 1 aromatic heterocycles. The van der Waals surface area contributed by atoms with Crippen molar-refractivity contribution in [3.63, 3.8) is 0 Å². The molecule has 5 nitrogen and oxygen atoms in total. The maximum atomic E-state index is 12.6. The molecule has 22 heavy (non-hydrogen) atoms. The van der Waals surface area contributed by atoms with E-state index < -0.39 is 0 Å². The number of hydrazine groups is 1. The van der Waals surface area contributed by atoms with Crippen molar-refractivity contribution in [2.24, 2.45) is 7.05 Å². The van der Waals surface area contributed by atoms with Gasteiger partial charge in [0.2, 0.25) is 0 Å². The number of carbonyl (C=O) groups is 1. The summed E-state index contributed by atoms with van der Waals surface area (Å²) >= 11 is 9.51. The first-order valence-electron chi connectivity index (χ1n) is 6.69. The minimum absolute atomic E-state index is 0.107. The van der Waals surface area contributed by atoms with Crippen LogP contribution >= 0.6 is 27.5 Å². The van der Waals surface area contributed by atoms with Gasteiger partial charge in [-0.25, -0.2) is 0 Å². The number of hydrogen-bond donors (Lipinski definition) is 1. The molecule has 0 fully saturated rings. The van der Waals surface area contributed by atoms with Crippen LogP contribution in [0.3, 0.4) is 0 Å². The maximum Gasteiger partial charge on any atom is 0.273 e. The number of nitrogens with one attached hydrogen (secondary N) is 1. The minimum atomic E-state index is -0.171. The van der Waals surface area contributed by atoms with Crippen molar-refractivity contribution in [3.8, 4) is 0 Å². The molecule has 0 aliphatic carbocycles. The van der Waals surface area contributed by atoms with Crippen LogP contribution in [0.4, 0.5) is 5.69 Å². The van der Waals surface area contributed by atoms with Gasteiger partial charge < -0.3 is 4.57 Å². The monoisotopic (exact) mass is 381 g/mol. The summed E-state index contributed by atoms with van der Waals surface area (Å²) in [6.45, 7) is 0.478. The Hall–Kier alpha value is -1.79. The zero-order valence-electron chi connectivity index (χ0n) is 11.8. The third kappa shape index (κ3) is 2.76. The Balaban J connectivity index is 1.89. The van der Waals surface area contributed by atoms with Gasteiger partial charge in [0.25, 0.3) is 11.5 Å². The van der Waals surface area contributed by atoms with Crippen molar-refractivity contribution in [2.45, 2.75) is 6.42 Å². The van der Waals surface area contributed by atoms with Crippen LogP contribution in [0.5, 0.6) is 0 Å². The molecule has 0 saturated heterocycles. The molecule has 0 radical (unpaired) electrons. The van der Waals surface area contributed by atoms with Crippen LogP contribution in [-0.2, 0) is 13.5 Å². The molecule has 7 heteroatoms. The fraction of sp³-hybridized carbons (Fsp3) is 0.200. The molecule has 0 bridgehead atoms. The van der Waals surface area contributed by atoms with Crippen molar-refractivity contribution < 1.29 is 4.79 Å². The van der Waals surface area contributed by atoms with E-state index in [4.69, 9.17) is 11.6 Å². The summed E-state index contributed by atoms with van der Waals surface area (Å²) in [6, 6.07) is 6.93. The predicted octanol–water partition coefficient (Wildman–Crippen LogP) is 2.83. The zero-order chi connectivity index (χ0) is 15.9. The Morgan fingerprint density at radius 1 is 1.27 bits per heavy atom. The number of fused-ring (bicyclic) bond motifs is 1. The number of hydrogen-bond acceptors (Lipinski definition) is 3. The van der Waals surface area contributed by atoms with Crippen LogP contribution < -0.4 is 11.0 Å². The molecular formula is C15H13BrClN3O2. The number of rotatable bonds is 2. The Bertz CT molecular complexity index is 819. The molecule has 1 N–H and O–H groups in total. The van der Waals surface area contributed by atoms with Crippen LogP contribution in [-0.4, -0.2) is 22.0 Å². The van der Waals surface area contributed by atoms with E-state index in [0.717, 1.165) is 10.0 Å². The van der Waals surface area contributed by atoms with Gasteiger partial charge in [-0.3, -0.25) is 20.0 Å². The standard InChI is InChI=1S/C15H13BrClN3O2/c1-19-8-11-9(6-14(19)21)4-5-20(15(11)22)18-13-3-2-10(16)7-12(13)17/h2-3,6-8,18H,4-5H2,1H3. The van der Waals surface area contributed by atoms with E-state index in [1.54, 1.807) is 25.4 Å². The van der Waals surface area contributed by atoms with Crippen molar-refractivity contribution >= 4 is 39.1 Å². The van der Waals surface area contributed by atoms with Crippen molar-refractivity contribution in [1.29, 1.82) is 0 Å². The molecular weight excluding hydrogens is 370 g/mol. The zero-order valence-corrected chi connectivity index (χ0v) is 14.1. The average Bonchev–Trinajstić information content (AvgIpc) is 2.47. The smallest absolute Gasteiger partial charge is 0.273 e. The molecule has 2 heterocycles. The first-order valence-corrected chi connectivity index (χ1v) is 7.86. The van der Waals surface area contributed by atoms with Gasteiger partial charge in [0.05, 0.1) is 16.3 Å². The lowest BCUT2D eigenvalue weighted by Crippen LogP contribution is -2.42. The lowest BCUT2D eigenvalue weighted by molar-refractivity contribution is 0.0778. The summed E-state index contributed by atoms with van der Waals surface area (Å²) in [5, 5.41) is 2.04. The Morgan fingerprint density at radius 2 is 2.05 bits per heavy atom. The van der Waals surface area contributed by atoms with Gasteiger partial charge >= 0.3 is 0 Å². The number of carbonyl (C=O) groups excluding carboxylic acids is 1. The molecule has 2 aromatic rings. The van der Waals surface area contributed by atoms with Crippen LogP contribution in [0.2, 0.25) is 5.02 Å². The molecule has 0 saturated carbocycles. The number of aromatic nitrogens is 1. The summed E-state index contributed by atoms with van der Waals surface area (Å²) in [5.41, 5.74) is 4.92. The summed E-state index contributed by atoms with van der Waals surface area (Å²) in [5.74, 6) is -0.171. The molecule has 3 rings (SSSR count). The second kappa shape index (κ2) is 5.78. The Morgan fingerprint density at radius 3 is 2.77 bits per heavy atom. The lowest BCUT2D eigenvalue weighted by Gasteiger charge is -2.30. The quantitative estimate of drug-likeness (QED) is 0.869. The van der Waals surface area contributed by atoms with Gasteiger partial charge in [0, 0.05) is 30.3 Å². The molecule has 1 aliphatic heterocycles. The van der Waals surface area contributed by atoms with Crippen LogP contribution in [0.15, 0.2) is 39.7 Å². The third-order valence-corrected chi connectivity index (χ3v) is 4.39. The first kappa shape index (κ1) is 15.1. The van der Waals surface area contributed by atoms with Gasteiger partial charge in [0.1, 0.15) is 0 Å². The van der Waals surface area contributed by atoms with Crippen LogP contribution in [0.25, 0.3) is 0 Å². The molecule has 1 amide bonds. The predicted molar refractivity (Wildman–Crippen MR) is 89.2 cm³/mol. The second-order valence-corrected chi connectivity index (χ2v) is 6.43. The Kier molecular flexibility index (Phi) is 3.97. The van der Waals surface area contributed by atoms with Crippen molar-refractivity contribution in [1.82, 2.24) is 9.58 Å². The van der Waals surface area contributed by atoms with Gasteiger partial charge in [-0.15, -0.1) is 0 Å². The van der Waals surface area contributed by atoms with Crippen LogP contribution in [0.1, 0.15) is 15.9 Å². The number of benzene rings is 1. The highest BCUT2D eigenvalue weighted by molar-refractivity contribution is 9.10. The summed E-state index contributed by atoms with van der Waals surface area (Å²) in [7, 11) is 1.63. The molecule has 1 aromatic carbocycles. The molecule has 1 aliphatic rings. The fourth-order valence-corrected chi connectivity index (χ4v) is 3.10. The summed E-state index contributed by atoms with van der Waals surface area (Å²) in [6.07, 6.45) is 2.20. The number of nitrogens with zero attached hydrogens (tertiary/aromatic N) is 2. The van der Waals surface area contributed by atoms with E-state index in [9.17, 15) is 9.59 Å².